The van der Waals surface area contributed by atoms with Gasteiger partial charge in [-0.2, -0.15) is 0 Å². The van der Waals surface area contributed by atoms with Crippen LogP contribution in [0.2, 0.25) is 0 Å². The van der Waals surface area contributed by atoms with Gasteiger partial charge in [-0.25, -0.2) is 0 Å². The van der Waals surface area contributed by atoms with Gasteiger partial charge in [-0.3, -0.25) is 0 Å². The van der Waals surface area contributed by atoms with Crippen LogP contribution in [0.3, 0.4) is 0 Å². The van der Waals surface area contributed by atoms with Crippen LogP contribution in [-0.2, 0) is 0 Å². The summed E-state index contributed by atoms with van der Waals surface area (Å²) < 4.78 is 1.06. The quantitative estimate of drug-likeness (QED) is 0.601. The molecular formula is C9H9BO3S. The van der Waals surface area contributed by atoms with Crippen LogP contribution in [0.1, 0.15) is 5.56 Å². The number of hydrogen-bond donors (Lipinski definition) is 3. The van der Waals surface area contributed by atoms with Crippen LogP contribution in [0.5, 0.6) is 5.75 Å². The molecule has 0 saturated heterocycles. The Morgan fingerprint density at radius 2 is 2.00 bits per heavy atom. The molecule has 14 heavy (non-hydrogen) atoms. The normalized spacial score (nSPS) is 10.8. The van der Waals surface area contributed by atoms with E-state index >= 15 is 0 Å². The molecule has 0 bridgehead atoms. The molecule has 3 N–H and O–H groups in total. The second kappa shape index (κ2) is 3.27. The maximum atomic E-state index is 9.67. The number of fused-ring (bicyclic) bond motifs is 1. The molecule has 0 radical (unpaired) electrons. The Hall–Kier alpha value is -1.04. The van der Waals surface area contributed by atoms with E-state index < -0.39 is 7.12 Å². The lowest BCUT2D eigenvalue weighted by Crippen LogP contribution is -2.26. The first-order chi connectivity index (χ1) is 6.59. The van der Waals surface area contributed by atoms with Crippen molar-refractivity contribution >= 4 is 33.3 Å². The Morgan fingerprint density at radius 3 is 2.64 bits per heavy atom. The lowest BCUT2D eigenvalue weighted by molar-refractivity contribution is 0.422. The highest BCUT2D eigenvalue weighted by Gasteiger charge is 2.21. The zero-order valence-corrected chi connectivity index (χ0v) is 8.38. The minimum atomic E-state index is -1.60. The molecular weight excluding hydrogens is 199 g/mol. The standard InChI is InChI=1S/C9H9BO3S/c1-5-2-3-7-6(4-5)8(11)9(14-7)10(12)13/h2-4,11-13H,1H3. The Labute approximate surface area is 85.4 Å². The van der Waals surface area contributed by atoms with Crippen molar-refractivity contribution in [2.75, 3.05) is 0 Å². The molecule has 0 spiro atoms. The smallest absolute Gasteiger partial charge is 0.502 e. The van der Waals surface area contributed by atoms with Crippen molar-refractivity contribution < 1.29 is 15.2 Å². The molecule has 2 aromatic rings. The molecule has 1 aromatic carbocycles. The Kier molecular flexibility index (Phi) is 2.22. The highest BCUT2D eigenvalue weighted by molar-refractivity contribution is 7.28. The van der Waals surface area contributed by atoms with E-state index in [1.54, 1.807) is 0 Å². The first-order valence-corrected chi connectivity index (χ1v) is 4.99. The first kappa shape index (κ1) is 9.52. The van der Waals surface area contributed by atoms with Crippen molar-refractivity contribution in [3.63, 3.8) is 0 Å². The van der Waals surface area contributed by atoms with Crippen LogP contribution in [0, 0.1) is 6.92 Å². The molecule has 0 aliphatic heterocycles. The van der Waals surface area contributed by atoms with Crippen LogP contribution in [0.4, 0.5) is 0 Å². The zero-order chi connectivity index (χ0) is 10.3. The topological polar surface area (TPSA) is 60.7 Å². The summed E-state index contributed by atoms with van der Waals surface area (Å²) in [5.41, 5.74) is 1.03. The summed E-state index contributed by atoms with van der Waals surface area (Å²) in [6, 6.07) is 5.61. The fourth-order valence-corrected chi connectivity index (χ4v) is 2.34. The molecule has 0 saturated carbocycles. The summed E-state index contributed by atoms with van der Waals surface area (Å²) in [5, 5.41) is 28.3. The zero-order valence-electron chi connectivity index (χ0n) is 7.56. The van der Waals surface area contributed by atoms with E-state index in [1.165, 1.54) is 11.3 Å². The van der Waals surface area contributed by atoms with Crippen molar-refractivity contribution in [1.82, 2.24) is 0 Å². The van der Waals surface area contributed by atoms with Gasteiger partial charge in [0.25, 0.3) is 0 Å². The SMILES string of the molecule is Cc1ccc2sc(B(O)O)c(O)c2c1. The number of thiophene rings is 1. The van der Waals surface area contributed by atoms with Crippen LogP contribution < -0.4 is 4.78 Å². The summed E-state index contributed by atoms with van der Waals surface area (Å²) in [6.07, 6.45) is 0. The van der Waals surface area contributed by atoms with E-state index in [9.17, 15) is 5.11 Å². The maximum absolute atomic E-state index is 9.67. The molecule has 2 rings (SSSR count). The molecule has 0 atom stereocenters. The second-order valence-corrected chi connectivity index (χ2v) is 4.27. The van der Waals surface area contributed by atoms with Crippen LogP contribution in [-0.4, -0.2) is 22.3 Å². The van der Waals surface area contributed by atoms with E-state index in [4.69, 9.17) is 10.0 Å². The van der Waals surface area contributed by atoms with Gasteiger partial charge < -0.3 is 15.2 Å². The predicted molar refractivity (Wildman–Crippen MR) is 58.1 cm³/mol. The summed E-state index contributed by atoms with van der Waals surface area (Å²) >= 11 is 1.19. The summed E-state index contributed by atoms with van der Waals surface area (Å²) in [6.45, 7) is 1.92. The highest BCUT2D eigenvalue weighted by atomic mass is 32.1. The van der Waals surface area contributed by atoms with Gasteiger partial charge >= 0.3 is 7.12 Å². The van der Waals surface area contributed by atoms with Crippen LogP contribution in [0.15, 0.2) is 18.2 Å². The van der Waals surface area contributed by atoms with Gasteiger partial charge in [0, 0.05) is 10.1 Å². The first-order valence-electron chi connectivity index (χ1n) is 4.17. The summed E-state index contributed by atoms with van der Waals surface area (Å²) in [4.78, 5) is 0. The van der Waals surface area contributed by atoms with E-state index in [2.05, 4.69) is 0 Å². The van der Waals surface area contributed by atoms with E-state index in [0.29, 0.717) is 5.39 Å². The molecule has 0 aliphatic rings. The lowest BCUT2D eigenvalue weighted by atomic mass is 9.88. The van der Waals surface area contributed by atoms with E-state index in [0.717, 1.165) is 10.3 Å². The molecule has 3 nitrogen and oxygen atoms in total. The van der Waals surface area contributed by atoms with Crippen LogP contribution >= 0.6 is 11.3 Å². The minimum absolute atomic E-state index is 0.0244. The van der Waals surface area contributed by atoms with Crippen molar-refractivity contribution in [2.24, 2.45) is 0 Å². The minimum Gasteiger partial charge on any atom is -0.507 e. The van der Waals surface area contributed by atoms with Crippen molar-refractivity contribution in [3.05, 3.63) is 23.8 Å². The van der Waals surface area contributed by atoms with Crippen molar-refractivity contribution in [1.29, 1.82) is 0 Å². The number of benzene rings is 1. The number of hydrogen-bond acceptors (Lipinski definition) is 4. The Morgan fingerprint density at radius 1 is 1.29 bits per heavy atom. The Bertz CT molecular complexity index is 478. The number of rotatable bonds is 1. The largest absolute Gasteiger partial charge is 0.507 e. The highest BCUT2D eigenvalue weighted by Crippen LogP contribution is 2.29. The Balaban J connectivity index is 2.74. The van der Waals surface area contributed by atoms with Crippen molar-refractivity contribution in [2.45, 2.75) is 6.92 Å². The number of aromatic hydroxyl groups is 1. The lowest BCUT2D eigenvalue weighted by Gasteiger charge is -1.95. The third kappa shape index (κ3) is 1.39. The molecule has 5 heteroatoms. The molecule has 1 heterocycles. The molecule has 0 amide bonds. The third-order valence-corrected chi connectivity index (χ3v) is 3.28. The number of aryl methyl sites for hydroxylation is 1. The van der Waals surface area contributed by atoms with E-state index in [-0.39, 0.29) is 10.5 Å². The molecule has 72 valence electrons. The maximum Gasteiger partial charge on any atom is 0.502 e. The van der Waals surface area contributed by atoms with Gasteiger partial charge in [-0.05, 0) is 19.1 Å². The molecule has 0 aliphatic carbocycles. The fraction of sp³-hybridized carbons (Fsp3) is 0.111. The monoisotopic (exact) mass is 208 g/mol. The van der Waals surface area contributed by atoms with Crippen molar-refractivity contribution in [3.8, 4) is 5.75 Å². The summed E-state index contributed by atoms with van der Waals surface area (Å²) in [7, 11) is -1.60. The van der Waals surface area contributed by atoms with Gasteiger partial charge in [0.05, 0.1) is 4.78 Å². The third-order valence-electron chi connectivity index (χ3n) is 2.08. The molecule has 1 aromatic heterocycles. The van der Waals surface area contributed by atoms with Gasteiger partial charge in [0.2, 0.25) is 0 Å². The second-order valence-electron chi connectivity index (χ2n) is 3.19. The average Bonchev–Trinajstić information content (AvgIpc) is 2.44. The van der Waals surface area contributed by atoms with Gasteiger partial charge in [0.15, 0.2) is 0 Å². The van der Waals surface area contributed by atoms with Gasteiger partial charge in [-0.1, -0.05) is 11.6 Å². The van der Waals surface area contributed by atoms with E-state index in [1.807, 2.05) is 25.1 Å². The molecule has 0 fully saturated rings. The fourth-order valence-electron chi connectivity index (χ4n) is 1.39. The molecule has 0 unspecified atom stereocenters. The summed E-state index contributed by atoms with van der Waals surface area (Å²) in [5.74, 6) is -0.0244. The van der Waals surface area contributed by atoms with Gasteiger partial charge in [0.1, 0.15) is 5.75 Å². The van der Waals surface area contributed by atoms with Crippen LogP contribution in [0.25, 0.3) is 10.1 Å². The average molecular weight is 208 g/mol. The predicted octanol–water partition coefficient (Wildman–Crippen LogP) is 0.595. The van der Waals surface area contributed by atoms with Gasteiger partial charge in [-0.15, -0.1) is 11.3 Å².